The van der Waals surface area contributed by atoms with Gasteiger partial charge in [0.25, 0.3) is 0 Å². The number of nitrogens with zero attached hydrogens (tertiary/aromatic N) is 2. The summed E-state index contributed by atoms with van der Waals surface area (Å²) in [6.07, 6.45) is 0. The zero-order valence-corrected chi connectivity index (χ0v) is 41.9. The van der Waals surface area contributed by atoms with Gasteiger partial charge in [0.15, 0.2) is 0 Å². The third-order valence-electron chi connectivity index (χ3n) is 14.5. The van der Waals surface area contributed by atoms with Crippen LogP contribution in [0.2, 0.25) is 0 Å². The molecule has 0 saturated carbocycles. The van der Waals surface area contributed by atoms with E-state index in [2.05, 4.69) is 289 Å². The van der Waals surface area contributed by atoms with Crippen LogP contribution < -0.4 is 9.80 Å². The van der Waals surface area contributed by atoms with Crippen LogP contribution in [0.1, 0.15) is 0 Å². The van der Waals surface area contributed by atoms with E-state index in [9.17, 15) is 0 Å². The minimum Gasteiger partial charge on any atom is -0.308 e. The number of fused-ring (bicyclic) bond motifs is 7. The van der Waals surface area contributed by atoms with Gasteiger partial charge in [0, 0.05) is 53.1 Å². The molecule has 348 valence electrons. The molecule has 4 heteroatoms. The second-order valence-electron chi connectivity index (χ2n) is 18.7. The summed E-state index contributed by atoms with van der Waals surface area (Å²) < 4.78 is 5.03. The van der Waals surface area contributed by atoms with Crippen molar-refractivity contribution < 1.29 is 0 Å². The van der Waals surface area contributed by atoms with Crippen LogP contribution in [-0.4, -0.2) is 0 Å². The number of rotatable bonds is 10. The molecule has 0 unspecified atom stereocenters. The summed E-state index contributed by atoms with van der Waals surface area (Å²) in [5.41, 5.74) is 15.9. The van der Waals surface area contributed by atoms with Gasteiger partial charge in [-0.2, -0.15) is 0 Å². The molecule has 0 fully saturated rings. The zero-order valence-electron chi connectivity index (χ0n) is 40.3. The molecule has 0 N–H and O–H groups in total. The van der Waals surface area contributed by atoms with Gasteiger partial charge in [-0.15, -0.1) is 22.7 Å². The second-order valence-corrected chi connectivity index (χ2v) is 20.8. The lowest BCUT2D eigenvalue weighted by Crippen LogP contribution is -2.14. The summed E-state index contributed by atoms with van der Waals surface area (Å²) in [6.45, 7) is 0. The molecule has 0 amide bonds. The Hall–Kier alpha value is -9.06. The Morgan fingerprint density at radius 3 is 1.15 bits per heavy atom. The summed E-state index contributed by atoms with van der Waals surface area (Å²) in [5.74, 6) is 0. The normalized spacial score (nSPS) is 11.5. The van der Waals surface area contributed by atoms with Crippen molar-refractivity contribution in [3.63, 3.8) is 0 Å². The van der Waals surface area contributed by atoms with Crippen LogP contribution >= 0.6 is 22.7 Å². The highest BCUT2D eigenvalue weighted by Gasteiger charge is 2.28. The third-order valence-corrected chi connectivity index (χ3v) is 16.9. The van der Waals surface area contributed by atoms with E-state index in [1.54, 1.807) is 0 Å². The average molecular weight is 979 g/mol. The van der Waals surface area contributed by atoms with E-state index in [0.29, 0.717) is 0 Å². The van der Waals surface area contributed by atoms with Gasteiger partial charge in [-0.25, -0.2) is 0 Å². The number of benzene rings is 12. The SMILES string of the molecule is c1ccc(-c2ccccc2N(c2cc(-c3ccccc3)c3c(-c4ccccc4)ccc(N(c4ccccc4-c4ccccc4)c4cccc5c4sc4ccccc45)c3c2)c2cccc3c2sc2ccccc23)cc1. The maximum atomic E-state index is 2.56. The molecule has 12 aromatic carbocycles. The Kier molecular flexibility index (Phi) is 10.9. The highest BCUT2D eigenvalue weighted by atomic mass is 32.1. The minimum absolute atomic E-state index is 1.06. The van der Waals surface area contributed by atoms with Crippen molar-refractivity contribution in [2.75, 3.05) is 9.80 Å². The topological polar surface area (TPSA) is 6.48 Å². The van der Waals surface area contributed by atoms with Gasteiger partial charge in [-0.3, -0.25) is 0 Å². The molecule has 14 aromatic rings. The van der Waals surface area contributed by atoms with E-state index in [1.165, 1.54) is 51.3 Å². The maximum Gasteiger partial charge on any atom is 0.0640 e. The van der Waals surface area contributed by atoms with Crippen LogP contribution in [0.5, 0.6) is 0 Å². The summed E-state index contributed by atoms with van der Waals surface area (Å²) in [4.78, 5) is 5.10. The summed E-state index contributed by atoms with van der Waals surface area (Å²) in [7, 11) is 0. The fourth-order valence-electron chi connectivity index (χ4n) is 11.2. The van der Waals surface area contributed by atoms with Crippen molar-refractivity contribution in [2.24, 2.45) is 0 Å². The number of hydrogen-bond acceptors (Lipinski definition) is 4. The standard InChI is InChI=1S/C70H46N2S2/c1-5-23-47(24-6-1)52-31-13-17-37-61(52)71(64-39-21-35-57-55-33-15-19-41-66(55)73-69(57)64)51-45-59(50-29-11-4-12-30-50)68-54(49-27-9-3-10-28-49)43-44-63(60(68)46-51)72(62-38-18-14-32-53(62)48-25-7-2-8-26-48)65-40-22-36-58-56-34-16-20-42-67(56)74-70(58)65/h1-46H. The van der Waals surface area contributed by atoms with Crippen molar-refractivity contribution in [3.05, 3.63) is 279 Å². The van der Waals surface area contributed by atoms with Crippen LogP contribution in [-0.2, 0) is 0 Å². The van der Waals surface area contributed by atoms with Crippen LogP contribution in [0.15, 0.2) is 279 Å². The number of anilines is 6. The quantitative estimate of drug-likeness (QED) is 0.135. The molecule has 0 aliphatic carbocycles. The van der Waals surface area contributed by atoms with Crippen LogP contribution in [0, 0.1) is 0 Å². The Morgan fingerprint density at radius 2 is 0.622 bits per heavy atom. The molecule has 14 rings (SSSR count). The molecule has 0 bridgehead atoms. The van der Waals surface area contributed by atoms with E-state index >= 15 is 0 Å². The molecule has 0 spiro atoms. The molecule has 2 nitrogen and oxygen atoms in total. The van der Waals surface area contributed by atoms with Crippen molar-refractivity contribution in [1.82, 2.24) is 0 Å². The summed E-state index contributed by atoms with van der Waals surface area (Å²) in [5, 5.41) is 7.36. The smallest absolute Gasteiger partial charge is 0.0640 e. The number of para-hydroxylation sites is 2. The van der Waals surface area contributed by atoms with Gasteiger partial charge < -0.3 is 9.80 Å². The molecule has 0 atom stereocenters. The van der Waals surface area contributed by atoms with Crippen molar-refractivity contribution >= 4 is 108 Å². The van der Waals surface area contributed by atoms with Gasteiger partial charge >= 0.3 is 0 Å². The Balaban J connectivity index is 1.15. The molecular formula is C70H46N2S2. The van der Waals surface area contributed by atoms with Crippen molar-refractivity contribution in [2.45, 2.75) is 0 Å². The second kappa shape index (κ2) is 18.5. The first-order valence-corrected chi connectivity index (χ1v) is 26.8. The zero-order chi connectivity index (χ0) is 49.0. The van der Waals surface area contributed by atoms with Crippen molar-refractivity contribution in [3.8, 4) is 44.5 Å². The molecule has 2 heterocycles. The van der Waals surface area contributed by atoms with Gasteiger partial charge in [0.05, 0.1) is 37.8 Å². The van der Waals surface area contributed by atoms with Crippen LogP contribution in [0.3, 0.4) is 0 Å². The average Bonchev–Trinajstić information content (AvgIpc) is 4.08. The van der Waals surface area contributed by atoms with Gasteiger partial charge in [-0.05, 0) is 93.4 Å². The Morgan fingerprint density at radius 1 is 0.230 bits per heavy atom. The Labute approximate surface area is 438 Å². The molecular weight excluding hydrogens is 933 g/mol. The highest BCUT2D eigenvalue weighted by Crippen LogP contribution is 2.54. The van der Waals surface area contributed by atoms with E-state index in [4.69, 9.17) is 0 Å². The maximum absolute atomic E-state index is 2.56. The van der Waals surface area contributed by atoms with Gasteiger partial charge in [-0.1, -0.05) is 224 Å². The first-order chi connectivity index (χ1) is 36.7. The fourth-order valence-corrected chi connectivity index (χ4v) is 13.6. The first kappa shape index (κ1) is 43.7. The number of thiophene rings is 2. The van der Waals surface area contributed by atoms with E-state index < -0.39 is 0 Å². The lowest BCUT2D eigenvalue weighted by atomic mass is 9.89. The molecule has 0 aliphatic heterocycles. The summed E-state index contributed by atoms with van der Waals surface area (Å²) in [6, 6.07) is 103. The largest absolute Gasteiger partial charge is 0.308 e. The van der Waals surface area contributed by atoms with E-state index in [1.807, 2.05) is 22.7 Å². The predicted molar refractivity (Wildman–Crippen MR) is 321 cm³/mol. The highest BCUT2D eigenvalue weighted by molar-refractivity contribution is 7.26. The lowest BCUT2D eigenvalue weighted by molar-refractivity contribution is 1.30. The van der Waals surface area contributed by atoms with E-state index in [-0.39, 0.29) is 0 Å². The molecule has 74 heavy (non-hydrogen) atoms. The number of hydrogen-bond donors (Lipinski definition) is 0. The molecule has 0 saturated heterocycles. The van der Waals surface area contributed by atoms with Crippen molar-refractivity contribution in [1.29, 1.82) is 0 Å². The fraction of sp³-hybridized carbons (Fsp3) is 0. The minimum atomic E-state index is 1.06. The first-order valence-electron chi connectivity index (χ1n) is 25.2. The van der Waals surface area contributed by atoms with Gasteiger partial charge in [0.1, 0.15) is 0 Å². The lowest BCUT2D eigenvalue weighted by Gasteiger charge is -2.32. The summed E-state index contributed by atoms with van der Waals surface area (Å²) >= 11 is 3.74. The molecule has 0 aliphatic rings. The predicted octanol–water partition coefficient (Wildman–Crippen LogP) is 21.2. The monoisotopic (exact) mass is 978 g/mol. The van der Waals surface area contributed by atoms with Crippen LogP contribution in [0.25, 0.3) is 95.6 Å². The molecule has 2 aromatic heterocycles. The third kappa shape index (κ3) is 7.46. The van der Waals surface area contributed by atoms with Gasteiger partial charge in [0.2, 0.25) is 0 Å². The van der Waals surface area contributed by atoms with Crippen LogP contribution in [0.4, 0.5) is 34.1 Å². The molecule has 0 radical (unpaired) electrons. The Bertz CT molecular complexity index is 4370. The van der Waals surface area contributed by atoms with E-state index in [0.717, 1.165) is 78.5 Å².